The number of ether oxygens (including phenoxy) is 2. The lowest BCUT2D eigenvalue weighted by atomic mass is 10.6. The van der Waals surface area contributed by atoms with E-state index >= 15 is 0 Å². The smallest absolute Gasteiger partial charge is 0.325 e. The molecule has 0 aliphatic heterocycles. The quantitative estimate of drug-likeness (QED) is 0.479. The molecule has 1 aromatic rings. The second-order valence-corrected chi connectivity index (χ2v) is 2.33. The molecule has 7 nitrogen and oxygen atoms in total. The van der Waals surface area contributed by atoms with Crippen LogP contribution in [0.15, 0.2) is 15.8 Å². The highest BCUT2D eigenvalue weighted by atomic mass is 16.7. The van der Waals surface area contributed by atoms with Gasteiger partial charge >= 0.3 is 11.7 Å². The molecule has 14 heavy (non-hydrogen) atoms. The maximum Gasteiger partial charge on any atom is 0.325 e. The predicted molar refractivity (Wildman–Crippen MR) is 44.9 cm³/mol. The lowest BCUT2D eigenvalue weighted by Gasteiger charge is -2.03. The van der Waals surface area contributed by atoms with Gasteiger partial charge in [0.25, 0.3) is 5.56 Å². The zero-order valence-corrected chi connectivity index (χ0v) is 7.33. The largest absolute Gasteiger partial charge is 0.450 e. The van der Waals surface area contributed by atoms with Crippen molar-refractivity contribution in [1.82, 2.24) is 9.97 Å². The molecule has 2 N–H and O–H groups in total. The third-order valence-corrected chi connectivity index (χ3v) is 1.26. The number of hydrogen-bond acceptors (Lipinski definition) is 5. The van der Waals surface area contributed by atoms with E-state index in [1.54, 1.807) is 0 Å². The number of aromatic nitrogens is 2. The molecule has 76 valence electrons. The van der Waals surface area contributed by atoms with E-state index in [1.807, 2.05) is 4.98 Å². The SMILES string of the molecule is CC(=O)OCOc1c[nH]c(=O)[nH]c1=O. The van der Waals surface area contributed by atoms with Crippen molar-refractivity contribution in [3.63, 3.8) is 0 Å². The van der Waals surface area contributed by atoms with E-state index in [4.69, 9.17) is 4.74 Å². The van der Waals surface area contributed by atoms with Crippen molar-refractivity contribution in [3.05, 3.63) is 27.0 Å². The van der Waals surface area contributed by atoms with Crippen LogP contribution in [0.4, 0.5) is 0 Å². The molecule has 1 aromatic heterocycles. The van der Waals surface area contributed by atoms with Crippen LogP contribution in [-0.2, 0) is 9.53 Å². The van der Waals surface area contributed by atoms with Gasteiger partial charge in [-0.05, 0) is 0 Å². The lowest BCUT2D eigenvalue weighted by molar-refractivity contribution is -0.147. The van der Waals surface area contributed by atoms with Gasteiger partial charge in [0, 0.05) is 6.92 Å². The first-order chi connectivity index (χ1) is 6.59. The van der Waals surface area contributed by atoms with Crippen molar-refractivity contribution >= 4 is 5.97 Å². The molecule has 0 bridgehead atoms. The van der Waals surface area contributed by atoms with Crippen molar-refractivity contribution in [2.24, 2.45) is 0 Å². The van der Waals surface area contributed by atoms with E-state index in [0.29, 0.717) is 0 Å². The Bertz CT molecular complexity index is 432. The number of esters is 1. The van der Waals surface area contributed by atoms with Crippen molar-refractivity contribution in [2.45, 2.75) is 6.92 Å². The zero-order chi connectivity index (χ0) is 10.6. The van der Waals surface area contributed by atoms with Crippen molar-refractivity contribution in [3.8, 4) is 5.75 Å². The lowest BCUT2D eigenvalue weighted by Crippen LogP contribution is -2.23. The molecular formula is C7H8N2O5. The summed E-state index contributed by atoms with van der Waals surface area (Å²) >= 11 is 0. The predicted octanol–water partition coefficient (Wildman–Crippen LogP) is -1.04. The molecule has 0 radical (unpaired) electrons. The van der Waals surface area contributed by atoms with Crippen LogP contribution in [0.25, 0.3) is 0 Å². The average molecular weight is 200 g/mol. The summed E-state index contributed by atoms with van der Waals surface area (Å²) in [7, 11) is 0. The molecular weight excluding hydrogens is 192 g/mol. The number of carbonyl (C=O) groups is 1. The summed E-state index contributed by atoms with van der Waals surface area (Å²) in [4.78, 5) is 36.0. The average Bonchev–Trinajstić information content (AvgIpc) is 2.08. The van der Waals surface area contributed by atoms with Gasteiger partial charge in [-0.15, -0.1) is 0 Å². The molecule has 0 saturated heterocycles. The maximum atomic E-state index is 11.0. The van der Waals surface area contributed by atoms with E-state index in [-0.39, 0.29) is 12.5 Å². The molecule has 0 unspecified atom stereocenters. The second-order valence-electron chi connectivity index (χ2n) is 2.33. The molecule has 0 amide bonds. The maximum absolute atomic E-state index is 11.0. The highest BCUT2D eigenvalue weighted by molar-refractivity contribution is 5.65. The minimum absolute atomic E-state index is 0.120. The van der Waals surface area contributed by atoms with Gasteiger partial charge in [-0.2, -0.15) is 0 Å². The van der Waals surface area contributed by atoms with E-state index in [0.717, 1.165) is 6.20 Å². The molecule has 0 fully saturated rings. The van der Waals surface area contributed by atoms with Crippen molar-refractivity contribution < 1.29 is 14.3 Å². The molecule has 1 heterocycles. The first-order valence-corrected chi connectivity index (χ1v) is 3.68. The monoisotopic (exact) mass is 200 g/mol. The molecule has 0 spiro atoms. The van der Waals surface area contributed by atoms with E-state index in [1.165, 1.54) is 6.92 Å². The van der Waals surface area contributed by atoms with Crippen LogP contribution in [0.1, 0.15) is 6.92 Å². The molecule has 0 saturated carbocycles. The fourth-order valence-corrected chi connectivity index (χ4v) is 0.681. The number of hydrogen-bond donors (Lipinski definition) is 2. The number of nitrogens with one attached hydrogen (secondary N) is 2. The van der Waals surface area contributed by atoms with E-state index in [2.05, 4.69) is 9.72 Å². The van der Waals surface area contributed by atoms with Crippen LogP contribution in [0.3, 0.4) is 0 Å². The van der Waals surface area contributed by atoms with E-state index < -0.39 is 17.2 Å². The minimum atomic E-state index is -0.680. The zero-order valence-electron chi connectivity index (χ0n) is 7.33. The van der Waals surface area contributed by atoms with Gasteiger partial charge < -0.3 is 14.5 Å². The molecule has 0 atom stereocenters. The van der Waals surface area contributed by atoms with Crippen LogP contribution in [0.2, 0.25) is 0 Å². The normalized spacial score (nSPS) is 9.50. The molecule has 0 aromatic carbocycles. The Morgan fingerprint density at radius 1 is 1.50 bits per heavy atom. The summed E-state index contributed by atoms with van der Waals surface area (Å²) in [5, 5.41) is 0. The summed E-state index contributed by atoms with van der Waals surface area (Å²) in [6.45, 7) is 0.838. The van der Waals surface area contributed by atoms with E-state index in [9.17, 15) is 14.4 Å². The Kier molecular flexibility index (Phi) is 3.05. The third-order valence-electron chi connectivity index (χ3n) is 1.26. The Labute approximate surface area is 77.7 Å². The Morgan fingerprint density at radius 2 is 2.21 bits per heavy atom. The van der Waals surface area contributed by atoms with Gasteiger partial charge in [0.1, 0.15) is 0 Å². The highest BCUT2D eigenvalue weighted by Gasteiger charge is 2.01. The van der Waals surface area contributed by atoms with Crippen LogP contribution in [0.5, 0.6) is 5.75 Å². The summed E-state index contributed by atoms with van der Waals surface area (Å²) in [6.07, 6.45) is 1.09. The van der Waals surface area contributed by atoms with Crippen LogP contribution in [-0.4, -0.2) is 22.7 Å². The minimum Gasteiger partial charge on any atom is -0.450 e. The molecule has 7 heteroatoms. The van der Waals surface area contributed by atoms with Crippen molar-refractivity contribution in [1.29, 1.82) is 0 Å². The number of aromatic amines is 2. The highest BCUT2D eigenvalue weighted by Crippen LogP contribution is 1.95. The van der Waals surface area contributed by atoms with Crippen LogP contribution >= 0.6 is 0 Å². The van der Waals surface area contributed by atoms with Gasteiger partial charge in [-0.3, -0.25) is 14.6 Å². The standard InChI is InChI=1S/C7H8N2O5/c1-4(10)13-3-14-5-2-8-7(12)9-6(5)11/h2H,3H2,1H3,(H2,8,9,11,12). The number of carbonyl (C=O) groups excluding carboxylic acids is 1. The van der Waals surface area contributed by atoms with Gasteiger partial charge in [-0.1, -0.05) is 0 Å². The number of rotatable bonds is 3. The number of H-pyrrole nitrogens is 2. The molecule has 0 aliphatic carbocycles. The summed E-state index contributed by atoms with van der Waals surface area (Å²) < 4.78 is 9.17. The summed E-state index contributed by atoms with van der Waals surface area (Å²) in [5.41, 5.74) is -1.31. The summed E-state index contributed by atoms with van der Waals surface area (Å²) in [5.74, 6) is -0.642. The molecule has 0 aliphatic rings. The first kappa shape index (κ1) is 10.0. The van der Waals surface area contributed by atoms with Gasteiger partial charge in [-0.25, -0.2) is 4.79 Å². The van der Waals surface area contributed by atoms with Gasteiger partial charge in [0.15, 0.2) is 0 Å². The Morgan fingerprint density at radius 3 is 2.79 bits per heavy atom. The first-order valence-electron chi connectivity index (χ1n) is 3.68. The topological polar surface area (TPSA) is 101 Å². The van der Waals surface area contributed by atoms with Crippen LogP contribution < -0.4 is 16.0 Å². The van der Waals surface area contributed by atoms with Gasteiger partial charge in [0.05, 0.1) is 6.20 Å². The Hall–Kier alpha value is -2.05. The fraction of sp³-hybridized carbons (Fsp3) is 0.286. The van der Waals surface area contributed by atoms with Crippen molar-refractivity contribution in [2.75, 3.05) is 6.79 Å². The molecule has 1 rings (SSSR count). The fourth-order valence-electron chi connectivity index (χ4n) is 0.681. The summed E-state index contributed by atoms with van der Waals surface area (Å²) in [6, 6.07) is 0. The van der Waals surface area contributed by atoms with Gasteiger partial charge in [0.2, 0.25) is 12.5 Å². The Balaban J connectivity index is 2.64. The second kappa shape index (κ2) is 4.26. The third kappa shape index (κ3) is 2.77. The van der Waals surface area contributed by atoms with Crippen LogP contribution in [0, 0.1) is 0 Å².